The Kier molecular flexibility index (Phi) is 5.75. The lowest BCUT2D eigenvalue weighted by molar-refractivity contribution is -0.140. The fraction of sp³-hybridized carbons (Fsp3) is 0.538. The number of hydrogen-bond acceptors (Lipinski definition) is 3. The van der Waals surface area contributed by atoms with Crippen LogP contribution in [-0.2, 0) is 16.0 Å². The van der Waals surface area contributed by atoms with Crippen LogP contribution in [0, 0.1) is 5.82 Å². The van der Waals surface area contributed by atoms with Crippen LogP contribution in [0.2, 0.25) is 0 Å². The molecule has 8 heteroatoms. The Labute approximate surface area is 120 Å². The van der Waals surface area contributed by atoms with Gasteiger partial charge >= 0.3 is 6.18 Å². The lowest BCUT2D eigenvalue weighted by Crippen LogP contribution is -2.12. The van der Waals surface area contributed by atoms with Gasteiger partial charge in [-0.25, -0.2) is 12.8 Å². The molecular weight excluding hydrogens is 312 g/mol. The minimum Gasteiger partial charge on any atom is -0.388 e. The first-order valence-electron chi connectivity index (χ1n) is 6.32. The lowest BCUT2D eigenvalue weighted by Gasteiger charge is -2.14. The van der Waals surface area contributed by atoms with Gasteiger partial charge in [-0.1, -0.05) is 13.0 Å². The Morgan fingerprint density at radius 3 is 2.43 bits per heavy atom. The van der Waals surface area contributed by atoms with Gasteiger partial charge in [0.25, 0.3) is 0 Å². The molecule has 0 aliphatic heterocycles. The third kappa shape index (κ3) is 5.28. The zero-order chi connectivity index (χ0) is 16.3. The van der Waals surface area contributed by atoms with Gasteiger partial charge in [-0.3, -0.25) is 0 Å². The van der Waals surface area contributed by atoms with Crippen LogP contribution in [0.25, 0.3) is 0 Å². The van der Waals surface area contributed by atoms with E-state index in [1.807, 2.05) is 0 Å². The van der Waals surface area contributed by atoms with Gasteiger partial charge < -0.3 is 5.11 Å². The van der Waals surface area contributed by atoms with E-state index in [1.54, 1.807) is 0 Å². The fourth-order valence-electron chi connectivity index (χ4n) is 1.77. The molecule has 0 radical (unpaired) electrons. The third-order valence-corrected chi connectivity index (χ3v) is 4.84. The second-order valence-electron chi connectivity index (χ2n) is 4.63. The maximum atomic E-state index is 13.1. The van der Waals surface area contributed by atoms with E-state index >= 15 is 0 Å². The van der Waals surface area contributed by atoms with Crippen LogP contribution in [-0.4, -0.2) is 25.0 Å². The average molecular weight is 328 g/mol. The van der Waals surface area contributed by atoms with E-state index in [0.717, 1.165) is 6.07 Å². The number of hydrogen-bond donors (Lipinski definition) is 1. The Morgan fingerprint density at radius 1 is 1.29 bits per heavy atom. The number of aliphatic hydroxyl groups excluding tert-OH is 1. The van der Waals surface area contributed by atoms with Crippen LogP contribution in [0.15, 0.2) is 18.2 Å². The maximum absolute atomic E-state index is 13.1. The van der Waals surface area contributed by atoms with Crippen molar-refractivity contribution in [2.75, 3.05) is 11.5 Å². The molecule has 3 nitrogen and oxygen atoms in total. The van der Waals surface area contributed by atoms with Crippen LogP contribution in [0.4, 0.5) is 17.6 Å². The molecule has 120 valence electrons. The first kappa shape index (κ1) is 17.9. The Bertz CT molecular complexity index is 582. The first-order valence-corrected chi connectivity index (χ1v) is 8.14. The van der Waals surface area contributed by atoms with E-state index in [2.05, 4.69) is 0 Å². The van der Waals surface area contributed by atoms with E-state index in [4.69, 9.17) is 0 Å². The number of aliphatic hydroxyl groups is 1. The summed E-state index contributed by atoms with van der Waals surface area (Å²) in [6.45, 7) is 1.49. The predicted molar refractivity (Wildman–Crippen MR) is 69.9 cm³/mol. The standard InChI is InChI=1S/C13H16F4O3S/c1-2-21(19,20)7-3-4-12(18)9-5-6-11(14)10(8-9)13(15,16)17/h5-6,8,12,18H,2-4,7H2,1H3. The number of sulfone groups is 1. The molecule has 0 bridgehead atoms. The SMILES string of the molecule is CCS(=O)(=O)CCCC(O)c1ccc(F)c(C(F)(F)F)c1. The van der Waals surface area contributed by atoms with Crippen molar-refractivity contribution >= 4 is 9.84 Å². The molecule has 1 aromatic rings. The van der Waals surface area contributed by atoms with Gasteiger partial charge in [-0.05, 0) is 30.5 Å². The lowest BCUT2D eigenvalue weighted by atomic mass is 10.0. The number of rotatable bonds is 6. The van der Waals surface area contributed by atoms with Gasteiger partial charge in [-0.15, -0.1) is 0 Å². The highest BCUT2D eigenvalue weighted by atomic mass is 32.2. The summed E-state index contributed by atoms with van der Waals surface area (Å²) in [6, 6.07) is 2.25. The highest BCUT2D eigenvalue weighted by molar-refractivity contribution is 7.91. The highest BCUT2D eigenvalue weighted by Crippen LogP contribution is 2.33. The van der Waals surface area contributed by atoms with E-state index in [1.165, 1.54) is 6.92 Å². The second-order valence-corrected chi connectivity index (χ2v) is 7.10. The molecule has 0 fully saturated rings. The minimum absolute atomic E-state index is 0.0117. The van der Waals surface area contributed by atoms with Crippen molar-refractivity contribution in [1.82, 2.24) is 0 Å². The molecule has 1 atom stereocenters. The maximum Gasteiger partial charge on any atom is 0.419 e. The molecule has 1 rings (SSSR count). The van der Waals surface area contributed by atoms with Crippen LogP contribution >= 0.6 is 0 Å². The molecule has 1 unspecified atom stereocenters. The summed E-state index contributed by atoms with van der Waals surface area (Å²) in [4.78, 5) is 0. The van der Waals surface area contributed by atoms with E-state index in [9.17, 15) is 31.1 Å². The monoisotopic (exact) mass is 328 g/mol. The Hall–Kier alpha value is -1.15. The number of benzene rings is 1. The van der Waals surface area contributed by atoms with Gasteiger partial charge in [0.2, 0.25) is 0 Å². The smallest absolute Gasteiger partial charge is 0.388 e. The molecule has 0 spiro atoms. The van der Waals surface area contributed by atoms with Crippen LogP contribution in [0.5, 0.6) is 0 Å². The second kappa shape index (κ2) is 6.74. The normalized spacial score (nSPS) is 14.2. The zero-order valence-electron chi connectivity index (χ0n) is 11.3. The van der Waals surface area contributed by atoms with Crippen molar-refractivity contribution in [1.29, 1.82) is 0 Å². The zero-order valence-corrected chi connectivity index (χ0v) is 12.1. The fourth-order valence-corrected chi connectivity index (χ4v) is 2.67. The van der Waals surface area contributed by atoms with Gasteiger partial charge in [0, 0.05) is 5.75 Å². The minimum atomic E-state index is -4.84. The van der Waals surface area contributed by atoms with Crippen molar-refractivity contribution in [2.24, 2.45) is 0 Å². The van der Waals surface area contributed by atoms with E-state index in [-0.39, 0.29) is 29.9 Å². The van der Waals surface area contributed by atoms with Crippen molar-refractivity contribution in [3.63, 3.8) is 0 Å². The van der Waals surface area contributed by atoms with Crippen molar-refractivity contribution in [3.05, 3.63) is 35.1 Å². The molecule has 0 saturated carbocycles. The summed E-state index contributed by atoms with van der Waals surface area (Å²) in [5.74, 6) is -1.59. The first-order chi connectivity index (χ1) is 9.57. The van der Waals surface area contributed by atoms with Crippen LogP contribution < -0.4 is 0 Å². The topological polar surface area (TPSA) is 54.4 Å². The van der Waals surface area contributed by atoms with Gasteiger partial charge in [0.15, 0.2) is 0 Å². The number of alkyl halides is 3. The van der Waals surface area contributed by atoms with Crippen molar-refractivity contribution in [3.8, 4) is 0 Å². The van der Waals surface area contributed by atoms with Gasteiger partial charge in [0.05, 0.1) is 17.4 Å². The molecule has 1 N–H and O–H groups in total. The predicted octanol–water partition coefficient (Wildman–Crippen LogP) is 3.09. The van der Waals surface area contributed by atoms with Crippen LogP contribution in [0.1, 0.15) is 37.0 Å². The molecule has 0 aromatic heterocycles. The average Bonchev–Trinajstić information content (AvgIpc) is 2.37. The molecule has 21 heavy (non-hydrogen) atoms. The van der Waals surface area contributed by atoms with Crippen molar-refractivity contribution in [2.45, 2.75) is 32.0 Å². The summed E-state index contributed by atoms with van der Waals surface area (Å²) < 4.78 is 73.3. The molecule has 0 heterocycles. The summed E-state index contributed by atoms with van der Waals surface area (Å²) in [5, 5.41) is 9.79. The van der Waals surface area contributed by atoms with Crippen molar-refractivity contribution < 1.29 is 31.1 Å². The molecule has 0 aliphatic rings. The Balaban J connectivity index is 2.78. The summed E-state index contributed by atoms with van der Waals surface area (Å²) in [5.41, 5.74) is -1.53. The van der Waals surface area contributed by atoms with E-state index < -0.39 is 33.5 Å². The summed E-state index contributed by atoms with van der Waals surface area (Å²) in [7, 11) is -3.19. The Morgan fingerprint density at radius 2 is 1.90 bits per heavy atom. The molecule has 1 aromatic carbocycles. The molecule has 0 aliphatic carbocycles. The molecular formula is C13H16F4O3S. The quantitative estimate of drug-likeness (QED) is 0.817. The summed E-state index contributed by atoms with van der Waals surface area (Å²) >= 11 is 0. The third-order valence-electron chi connectivity index (χ3n) is 3.05. The molecule has 0 amide bonds. The molecule has 0 saturated heterocycles. The van der Waals surface area contributed by atoms with Crippen LogP contribution in [0.3, 0.4) is 0 Å². The largest absolute Gasteiger partial charge is 0.419 e. The van der Waals surface area contributed by atoms with E-state index in [0.29, 0.717) is 12.1 Å². The van der Waals surface area contributed by atoms with Gasteiger partial charge in [-0.2, -0.15) is 13.2 Å². The summed E-state index contributed by atoms with van der Waals surface area (Å²) in [6.07, 6.45) is -6.00. The highest BCUT2D eigenvalue weighted by Gasteiger charge is 2.34. The number of halogens is 4. The van der Waals surface area contributed by atoms with Gasteiger partial charge in [0.1, 0.15) is 15.7 Å².